The van der Waals surface area contributed by atoms with E-state index in [1.165, 1.54) is 0 Å². The molecule has 0 aromatic carbocycles. The Labute approximate surface area is 78.7 Å². The first-order valence-corrected chi connectivity index (χ1v) is 4.95. The molecular formula is C9H17N3O. The summed E-state index contributed by atoms with van der Waals surface area (Å²) in [7, 11) is 2.10. The van der Waals surface area contributed by atoms with Crippen molar-refractivity contribution < 1.29 is 4.79 Å². The standard InChI is InChI=1S/C9H17N3O/c1-12-5-7(6-12)4-11-9(13)8-2-3-10-8/h7-8,10H,2-6H2,1H3,(H,11,13). The van der Waals surface area contributed by atoms with Crippen molar-refractivity contribution in [2.45, 2.75) is 12.5 Å². The zero-order valence-corrected chi connectivity index (χ0v) is 8.05. The molecule has 0 aliphatic carbocycles. The highest BCUT2D eigenvalue weighted by molar-refractivity contribution is 5.82. The zero-order valence-electron chi connectivity index (χ0n) is 8.05. The minimum atomic E-state index is 0.0952. The molecule has 0 aromatic rings. The monoisotopic (exact) mass is 183 g/mol. The van der Waals surface area contributed by atoms with Crippen LogP contribution in [-0.4, -0.2) is 50.1 Å². The van der Waals surface area contributed by atoms with Crippen LogP contribution in [0.4, 0.5) is 0 Å². The number of carbonyl (C=O) groups is 1. The molecule has 0 aromatic heterocycles. The topological polar surface area (TPSA) is 44.4 Å². The van der Waals surface area contributed by atoms with Gasteiger partial charge in [0.15, 0.2) is 0 Å². The van der Waals surface area contributed by atoms with E-state index in [-0.39, 0.29) is 11.9 Å². The Kier molecular flexibility index (Phi) is 2.51. The van der Waals surface area contributed by atoms with Crippen LogP contribution in [0.1, 0.15) is 6.42 Å². The lowest BCUT2D eigenvalue weighted by atomic mass is 10.0. The van der Waals surface area contributed by atoms with Gasteiger partial charge in [0.05, 0.1) is 6.04 Å². The Balaban J connectivity index is 1.59. The number of nitrogens with one attached hydrogen (secondary N) is 2. The van der Waals surface area contributed by atoms with Crippen molar-refractivity contribution in [1.82, 2.24) is 15.5 Å². The lowest BCUT2D eigenvalue weighted by Gasteiger charge is -2.37. The fourth-order valence-electron chi connectivity index (χ4n) is 1.84. The van der Waals surface area contributed by atoms with E-state index in [4.69, 9.17) is 0 Å². The van der Waals surface area contributed by atoms with Crippen LogP contribution < -0.4 is 10.6 Å². The average molecular weight is 183 g/mol. The highest BCUT2D eigenvalue weighted by atomic mass is 16.2. The maximum atomic E-state index is 11.4. The first-order valence-electron chi connectivity index (χ1n) is 4.95. The van der Waals surface area contributed by atoms with Gasteiger partial charge in [-0.3, -0.25) is 4.79 Å². The Hall–Kier alpha value is -0.610. The summed E-state index contributed by atoms with van der Waals surface area (Å²) in [6.45, 7) is 4.09. The second kappa shape index (κ2) is 3.64. The molecule has 2 rings (SSSR count). The van der Waals surface area contributed by atoms with Gasteiger partial charge in [0.25, 0.3) is 0 Å². The molecule has 0 saturated carbocycles. The summed E-state index contributed by atoms with van der Waals surface area (Å²) in [6, 6.07) is 0.0952. The minimum Gasteiger partial charge on any atom is -0.354 e. The molecule has 74 valence electrons. The van der Waals surface area contributed by atoms with Crippen LogP contribution in [0.15, 0.2) is 0 Å². The van der Waals surface area contributed by atoms with Crippen molar-refractivity contribution >= 4 is 5.91 Å². The van der Waals surface area contributed by atoms with Crippen LogP contribution in [0.5, 0.6) is 0 Å². The zero-order chi connectivity index (χ0) is 9.26. The lowest BCUT2D eigenvalue weighted by Crippen LogP contribution is -2.56. The summed E-state index contributed by atoms with van der Waals surface area (Å²) in [5.41, 5.74) is 0. The normalized spacial score (nSPS) is 29.2. The maximum absolute atomic E-state index is 11.4. The number of hydrogen-bond acceptors (Lipinski definition) is 3. The summed E-state index contributed by atoms with van der Waals surface area (Å²) < 4.78 is 0. The van der Waals surface area contributed by atoms with E-state index >= 15 is 0 Å². The largest absolute Gasteiger partial charge is 0.354 e. The maximum Gasteiger partial charge on any atom is 0.237 e. The van der Waals surface area contributed by atoms with Gasteiger partial charge in [0, 0.05) is 25.6 Å². The molecule has 0 spiro atoms. The van der Waals surface area contributed by atoms with Gasteiger partial charge in [-0.1, -0.05) is 0 Å². The molecule has 2 aliphatic heterocycles. The summed E-state index contributed by atoms with van der Waals surface area (Å²) in [6.07, 6.45) is 0.996. The second-order valence-corrected chi connectivity index (χ2v) is 4.13. The van der Waals surface area contributed by atoms with Gasteiger partial charge in [-0.15, -0.1) is 0 Å². The first-order chi connectivity index (χ1) is 6.25. The van der Waals surface area contributed by atoms with Gasteiger partial charge in [-0.2, -0.15) is 0 Å². The molecular weight excluding hydrogens is 166 g/mol. The van der Waals surface area contributed by atoms with E-state index in [1.54, 1.807) is 0 Å². The van der Waals surface area contributed by atoms with Crippen molar-refractivity contribution in [2.24, 2.45) is 5.92 Å². The van der Waals surface area contributed by atoms with Crippen LogP contribution in [0.2, 0.25) is 0 Å². The van der Waals surface area contributed by atoms with E-state index < -0.39 is 0 Å². The molecule has 4 nitrogen and oxygen atoms in total. The third-order valence-electron chi connectivity index (χ3n) is 2.84. The van der Waals surface area contributed by atoms with Crippen molar-refractivity contribution in [3.05, 3.63) is 0 Å². The average Bonchev–Trinajstić information content (AvgIpc) is 1.92. The molecule has 2 saturated heterocycles. The fraction of sp³-hybridized carbons (Fsp3) is 0.889. The Morgan fingerprint density at radius 3 is 2.77 bits per heavy atom. The molecule has 2 aliphatic rings. The number of amides is 1. The molecule has 1 amide bonds. The van der Waals surface area contributed by atoms with Gasteiger partial charge in [0.1, 0.15) is 0 Å². The Morgan fingerprint density at radius 1 is 1.62 bits per heavy atom. The minimum absolute atomic E-state index is 0.0952. The van der Waals surface area contributed by atoms with Crippen molar-refractivity contribution in [3.8, 4) is 0 Å². The smallest absolute Gasteiger partial charge is 0.237 e. The van der Waals surface area contributed by atoms with Gasteiger partial charge in [-0.05, 0) is 20.0 Å². The number of likely N-dealkylation sites (tertiary alicyclic amines) is 1. The van der Waals surface area contributed by atoms with Crippen LogP contribution in [0, 0.1) is 5.92 Å². The summed E-state index contributed by atoms with van der Waals surface area (Å²) in [4.78, 5) is 13.6. The highest BCUT2D eigenvalue weighted by Gasteiger charge is 2.27. The molecule has 1 unspecified atom stereocenters. The van der Waals surface area contributed by atoms with Crippen molar-refractivity contribution in [3.63, 3.8) is 0 Å². The van der Waals surface area contributed by atoms with E-state index in [0.29, 0.717) is 5.92 Å². The molecule has 0 bridgehead atoms. The predicted octanol–water partition coefficient (Wildman–Crippen LogP) is -0.974. The lowest BCUT2D eigenvalue weighted by molar-refractivity contribution is -0.125. The van der Waals surface area contributed by atoms with Crippen molar-refractivity contribution in [1.29, 1.82) is 0 Å². The van der Waals surface area contributed by atoms with E-state index in [1.807, 2.05) is 0 Å². The third-order valence-corrected chi connectivity index (χ3v) is 2.84. The highest BCUT2D eigenvalue weighted by Crippen LogP contribution is 2.11. The quantitative estimate of drug-likeness (QED) is 0.591. The first kappa shape index (κ1) is 8.97. The predicted molar refractivity (Wildman–Crippen MR) is 50.4 cm³/mol. The van der Waals surface area contributed by atoms with Crippen LogP contribution in [-0.2, 0) is 4.79 Å². The van der Waals surface area contributed by atoms with E-state index in [0.717, 1.165) is 32.6 Å². The molecule has 2 fully saturated rings. The van der Waals surface area contributed by atoms with Gasteiger partial charge in [0.2, 0.25) is 5.91 Å². The van der Waals surface area contributed by atoms with Crippen LogP contribution in [0.3, 0.4) is 0 Å². The number of nitrogens with zero attached hydrogens (tertiary/aromatic N) is 1. The van der Waals surface area contributed by atoms with Gasteiger partial charge >= 0.3 is 0 Å². The third kappa shape index (κ3) is 2.00. The summed E-state index contributed by atoms with van der Waals surface area (Å²) in [5, 5.41) is 6.07. The Morgan fingerprint density at radius 2 is 2.31 bits per heavy atom. The molecule has 1 atom stereocenters. The molecule has 0 radical (unpaired) electrons. The molecule has 4 heteroatoms. The van der Waals surface area contributed by atoms with Gasteiger partial charge < -0.3 is 15.5 Å². The van der Waals surface area contributed by atoms with E-state index in [2.05, 4.69) is 22.6 Å². The van der Waals surface area contributed by atoms with E-state index in [9.17, 15) is 4.79 Å². The fourth-order valence-corrected chi connectivity index (χ4v) is 1.84. The molecule has 2 N–H and O–H groups in total. The second-order valence-electron chi connectivity index (χ2n) is 4.13. The SMILES string of the molecule is CN1CC(CNC(=O)C2CCN2)C1. The van der Waals surface area contributed by atoms with Crippen LogP contribution in [0.25, 0.3) is 0 Å². The number of carbonyl (C=O) groups excluding carboxylic acids is 1. The number of rotatable bonds is 3. The van der Waals surface area contributed by atoms with Crippen LogP contribution >= 0.6 is 0 Å². The van der Waals surface area contributed by atoms with Crippen molar-refractivity contribution in [2.75, 3.05) is 33.2 Å². The summed E-state index contributed by atoms with van der Waals surface area (Å²) >= 11 is 0. The molecule has 13 heavy (non-hydrogen) atoms. The van der Waals surface area contributed by atoms with Gasteiger partial charge in [-0.25, -0.2) is 0 Å². The number of hydrogen-bond donors (Lipinski definition) is 2. The molecule has 2 heterocycles. The Bertz CT molecular complexity index is 197. The summed E-state index contributed by atoms with van der Waals surface area (Å²) in [5.74, 6) is 0.856.